The van der Waals surface area contributed by atoms with Gasteiger partial charge in [0.05, 0.1) is 11.8 Å². The molecule has 2 aromatic rings. The van der Waals surface area contributed by atoms with Crippen molar-refractivity contribution in [2.75, 3.05) is 0 Å². The minimum absolute atomic E-state index is 0.201. The van der Waals surface area contributed by atoms with Crippen LogP contribution < -0.4 is 0 Å². The van der Waals surface area contributed by atoms with Crippen molar-refractivity contribution in [1.29, 1.82) is 0 Å². The molecular weight excluding hydrogens is 267 g/mol. The average molecular weight is 283 g/mol. The molecule has 0 bridgehead atoms. The second-order valence-corrected chi connectivity index (χ2v) is 5.20. The van der Waals surface area contributed by atoms with Crippen molar-refractivity contribution in [1.82, 2.24) is 9.78 Å². The summed E-state index contributed by atoms with van der Waals surface area (Å²) in [5, 5.41) is 14.8. The minimum atomic E-state index is -0.950. The Morgan fingerprint density at radius 2 is 2.11 bits per heavy atom. The molecule has 1 unspecified atom stereocenters. The predicted octanol–water partition coefficient (Wildman–Crippen LogP) is 3.53. The Morgan fingerprint density at radius 3 is 2.74 bits per heavy atom. The lowest BCUT2D eigenvalue weighted by molar-refractivity contribution is 0.172. The average Bonchev–Trinajstić information content (AvgIpc) is 2.80. The summed E-state index contributed by atoms with van der Waals surface area (Å²) in [6.45, 7) is 4.04. The normalized spacial score (nSPS) is 12.9. The van der Waals surface area contributed by atoms with Gasteiger partial charge in [0.2, 0.25) is 0 Å². The second-order valence-electron chi connectivity index (χ2n) is 4.77. The van der Waals surface area contributed by atoms with Gasteiger partial charge in [-0.05, 0) is 38.1 Å². The molecule has 19 heavy (non-hydrogen) atoms. The predicted molar refractivity (Wildman–Crippen MR) is 72.7 cm³/mol. The topological polar surface area (TPSA) is 38.0 Å². The number of aromatic nitrogens is 2. The van der Waals surface area contributed by atoms with Crippen LogP contribution in [0.2, 0.25) is 5.02 Å². The van der Waals surface area contributed by atoms with Crippen molar-refractivity contribution in [3.8, 4) is 0 Å². The molecule has 0 aliphatic heterocycles. The first-order valence-electron chi connectivity index (χ1n) is 6.14. The van der Waals surface area contributed by atoms with Crippen LogP contribution in [0.15, 0.2) is 30.5 Å². The Balaban J connectivity index is 2.15. The van der Waals surface area contributed by atoms with Gasteiger partial charge in [-0.2, -0.15) is 5.10 Å². The molecule has 1 heterocycles. The SMILES string of the molecule is CC(C)n1ccc(CC(O)c2cc(Cl)ccc2F)n1. The molecule has 1 aromatic heterocycles. The zero-order chi connectivity index (χ0) is 14.0. The Hall–Kier alpha value is -1.39. The van der Waals surface area contributed by atoms with Crippen LogP contribution in [0, 0.1) is 5.82 Å². The van der Waals surface area contributed by atoms with E-state index in [1.165, 1.54) is 18.2 Å². The van der Waals surface area contributed by atoms with Crippen molar-refractivity contribution < 1.29 is 9.50 Å². The summed E-state index contributed by atoms with van der Waals surface area (Å²) in [6, 6.07) is 6.25. The van der Waals surface area contributed by atoms with Gasteiger partial charge >= 0.3 is 0 Å². The summed E-state index contributed by atoms with van der Waals surface area (Å²) in [7, 11) is 0. The van der Waals surface area contributed by atoms with E-state index in [2.05, 4.69) is 5.10 Å². The van der Waals surface area contributed by atoms with Gasteiger partial charge in [0.1, 0.15) is 5.82 Å². The summed E-state index contributed by atoms with van der Waals surface area (Å²) in [5.74, 6) is -0.458. The molecule has 5 heteroatoms. The van der Waals surface area contributed by atoms with E-state index in [0.29, 0.717) is 5.02 Å². The van der Waals surface area contributed by atoms with Crippen molar-refractivity contribution in [3.05, 3.63) is 52.6 Å². The smallest absolute Gasteiger partial charge is 0.129 e. The molecular formula is C14H16ClFN2O. The van der Waals surface area contributed by atoms with Gasteiger partial charge in [-0.1, -0.05) is 11.6 Å². The molecule has 1 aromatic carbocycles. The molecule has 0 fully saturated rings. The summed E-state index contributed by atoms with van der Waals surface area (Å²) in [5.41, 5.74) is 0.923. The molecule has 0 amide bonds. The van der Waals surface area contributed by atoms with Crippen molar-refractivity contribution in [3.63, 3.8) is 0 Å². The lowest BCUT2D eigenvalue weighted by Gasteiger charge is -2.11. The van der Waals surface area contributed by atoms with Gasteiger partial charge in [0, 0.05) is 29.2 Å². The fourth-order valence-electron chi connectivity index (χ4n) is 1.85. The highest BCUT2D eigenvalue weighted by atomic mass is 35.5. The number of aliphatic hydroxyl groups is 1. The van der Waals surface area contributed by atoms with E-state index in [-0.39, 0.29) is 18.0 Å². The molecule has 0 aliphatic carbocycles. The number of aliphatic hydroxyl groups excluding tert-OH is 1. The molecule has 1 N–H and O–H groups in total. The third-order valence-corrected chi connectivity index (χ3v) is 3.15. The number of nitrogens with zero attached hydrogens (tertiary/aromatic N) is 2. The Bertz CT molecular complexity index is 568. The fraction of sp³-hybridized carbons (Fsp3) is 0.357. The lowest BCUT2D eigenvalue weighted by Crippen LogP contribution is -2.07. The number of hydrogen-bond donors (Lipinski definition) is 1. The molecule has 0 aliphatic rings. The van der Waals surface area contributed by atoms with Gasteiger partial charge < -0.3 is 5.11 Å². The van der Waals surface area contributed by atoms with E-state index in [1.54, 1.807) is 4.68 Å². The maximum absolute atomic E-state index is 13.6. The third kappa shape index (κ3) is 3.33. The van der Waals surface area contributed by atoms with Crippen molar-refractivity contribution in [2.24, 2.45) is 0 Å². The quantitative estimate of drug-likeness (QED) is 0.931. The monoisotopic (exact) mass is 282 g/mol. The van der Waals surface area contributed by atoms with Crippen molar-refractivity contribution in [2.45, 2.75) is 32.4 Å². The van der Waals surface area contributed by atoms with E-state index >= 15 is 0 Å². The number of halogens is 2. The second kappa shape index (κ2) is 5.72. The molecule has 2 rings (SSSR count). The van der Waals surface area contributed by atoms with Crippen LogP contribution in [0.4, 0.5) is 4.39 Å². The lowest BCUT2D eigenvalue weighted by atomic mass is 10.0. The summed E-state index contributed by atoms with van der Waals surface area (Å²) in [4.78, 5) is 0. The first-order chi connectivity index (χ1) is 8.97. The maximum Gasteiger partial charge on any atom is 0.129 e. The Morgan fingerprint density at radius 1 is 1.37 bits per heavy atom. The van der Waals surface area contributed by atoms with Gasteiger partial charge in [0.15, 0.2) is 0 Å². The molecule has 3 nitrogen and oxygen atoms in total. The summed E-state index contributed by atoms with van der Waals surface area (Å²) in [6.07, 6.45) is 1.16. The van der Waals surface area contributed by atoms with E-state index < -0.39 is 11.9 Å². The number of benzene rings is 1. The van der Waals surface area contributed by atoms with Crippen LogP contribution in [0.1, 0.15) is 37.3 Å². The molecule has 1 atom stereocenters. The van der Waals surface area contributed by atoms with E-state index in [0.717, 1.165) is 5.69 Å². The van der Waals surface area contributed by atoms with Gasteiger partial charge in [0.25, 0.3) is 0 Å². The Labute approximate surface area is 116 Å². The van der Waals surface area contributed by atoms with Crippen LogP contribution in [0.3, 0.4) is 0 Å². The van der Waals surface area contributed by atoms with Crippen molar-refractivity contribution >= 4 is 11.6 Å². The third-order valence-electron chi connectivity index (χ3n) is 2.91. The van der Waals surface area contributed by atoms with E-state index in [9.17, 15) is 9.50 Å². The minimum Gasteiger partial charge on any atom is -0.388 e. The van der Waals surface area contributed by atoms with Crippen LogP contribution in [-0.4, -0.2) is 14.9 Å². The largest absolute Gasteiger partial charge is 0.388 e. The highest BCUT2D eigenvalue weighted by Crippen LogP contribution is 2.24. The van der Waals surface area contributed by atoms with Crippen LogP contribution in [0.5, 0.6) is 0 Å². The fourth-order valence-corrected chi connectivity index (χ4v) is 2.03. The van der Waals surface area contributed by atoms with Gasteiger partial charge in [-0.3, -0.25) is 4.68 Å². The van der Waals surface area contributed by atoms with E-state index in [1.807, 2.05) is 26.1 Å². The first-order valence-corrected chi connectivity index (χ1v) is 6.52. The highest BCUT2D eigenvalue weighted by molar-refractivity contribution is 6.30. The van der Waals surface area contributed by atoms with E-state index in [4.69, 9.17) is 11.6 Å². The summed E-state index contributed by atoms with van der Waals surface area (Å²) >= 11 is 5.81. The summed E-state index contributed by atoms with van der Waals surface area (Å²) < 4.78 is 15.4. The molecule has 0 radical (unpaired) electrons. The standard InChI is InChI=1S/C14H16ClFN2O/c1-9(2)18-6-5-11(17-18)8-14(19)12-7-10(15)3-4-13(12)16/h3-7,9,14,19H,8H2,1-2H3. The first kappa shape index (κ1) is 14.0. The number of rotatable bonds is 4. The van der Waals surface area contributed by atoms with Gasteiger partial charge in [-0.25, -0.2) is 4.39 Å². The van der Waals surface area contributed by atoms with Crippen LogP contribution >= 0.6 is 11.6 Å². The maximum atomic E-state index is 13.6. The van der Waals surface area contributed by atoms with Gasteiger partial charge in [-0.15, -0.1) is 0 Å². The molecule has 102 valence electrons. The zero-order valence-corrected chi connectivity index (χ0v) is 11.6. The van der Waals surface area contributed by atoms with Crippen LogP contribution in [0.25, 0.3) is 0 Å². The molecule has 0 saturated carbocycles. The highest BCUT2D eigenvalue weighted by Gasteiger charge is 2.15. The Kier molecular flexibility index (Phi) is 4.22. The number of hydrogen-bond acceptors (Lipinski definition) is 2. The molecule has 0 spiro atoms. The zero-order valence-electron chi connectivity index (χ0n) is 10.8. The van der Waals surface area contributed by atoms with Crippen LogP contribution in [-0.2, 0) is 6.42 Å². The molecule has 0 saturated heterocycles.